The van der Waals surface area contributed by atoms with Crippen LogP contribution >= 0.6 is 0 Å². The first-order chi connectivity index (χ1) is 12.2. The summed E-state index contributed by atoms with van der Waals surface area (Å²) in [6.45, 7) is 4.28. The molecule has 6 nitrogen and oxygen atoms in total. The van der Waals surface area contributed by atoms with Gasteiger partial charge in [0, 0.05) is 6.61 Å². The standard InChI is InChI=1S/C19H37NO5/c1-3-5-6-7-8-9-10-11-13-23-18-16(20)19(24-12-4-2)25-15(14-21)17(18)22/h4,12,15-19,21-22H,3,5-11,13-14,20H2,1-2H3/b12-4-/t15?,16-,17-,18-,19+/m1/s1. The van der Waals surface area contributed by atoms with Gasteiger partial charge in [-0.15, -0.1) is 0 Å². The SMILES string of the molecule is C/C=C\O[C@H]1OC(CO)[C@@H](O)[C@H](OCCCCCCCCCC)[C@H]1N. The Morgan fingerprint density at radius 2 is 1.72 bits per heavy atom. The molecule has 0 amide bonds. The van der Waals surface area contributed by atoms with Crippen LogP contribution in [0.3, 0.4) is 0 Å². The largest absolute Gasteiger partial charge is 0.471 e. The maximum Gasteiger partial charge on any atom is 0.217 e. The molecule has 1 fully saturated rings. The molecule has 6 heteroatoms. The van der Waals surface area contributed by atoms with Crippen LogP contribution in [0.4, 0.5) is 0 Å². The minimum atomic E-state index is -0.959. The molecule has 4 N–H and O–H groups in total. The number of hydrogen-bond acceptors (Lipinski definition) is 6. The van der Waals surface area contributed by atoms with Gasteiger partial charge in [-0.3, -0.25) is 0 Å². The summed E-state index contributed by atoms with van der Waals surface area (Å²) < 4.78 is 16.7. The molecule has 0 radical (unpaired) electrons. The van der Waals surface area contributed by atoms with E-state index in [1.54, 1.807) is 6.08 Å². The number of allylic oxidation sites excluding steroid dienone is 1. The van der Waals surface area contributed by atoms with Crippen LogP contribution in [0.2, 0.25) is 0 Å². The van der Waals surface area contributed by atoms with E-state index in [1.807, 2.05) is 6.92 Å². The van der Waals surface area contributed by atoms with Gasteiger partial charge in [0.15, 0.2) is 0 Å². The minimum absolute atomic E-state index is 0.304. The van der Waals surface area contributed by atoms with Gasteiger partial charge in [-0.05, 0) is 13.3 Å². The zero-order valence-corrected chi connectivity index (χ0v) is 15.8. The van der Waals surface area contributed by atoms with Crippen LogP contribution in [-0.2, 0) is 14.2 Å². The van der Waals surface area contributed by atoms with Gasteiger partial charge in [0.25, 0.3) is 0 Å². The Hall–Kier alpha value is -0.660. The van der Waals surface area contributed by atoms with E-state index in [0.29, 0.717) is 6.61 Å². The van der Waals surface area contributed by atoms with Crippen LogP contribution in [0.1, 0.15) is 65.2 Å². The summed E-state index contributed by atoms with van der Waals surface area (Å²) in [6, 6.07) is -0.608. The number of nitrogens with two attached hydrogens (primary N) is 1. The fourth-order valence-electron chi connectivity index (χ4n) is 3.03. The van der Waals surface area contributed by atoms with Crippen molar-refractivity contribution in [1.82, 2.24) is 0 Å². The molecule has 0 aromatic heterocycles. The van der Waals surface area contributed by atoms with Gasteiger partial charge in [-0.2, -0.15) is 0 Å². The average molecular weight is 360 g/mol. The Kier molecular flexibility index (Phi) is 12.1. The third kappa shape index (κ3) is 8.05. The summed E-state index contributed by atoms with van der Waals surface area (Å²) in [4.78, 5) is 0. The maximum atomic E-state index is 10.3. The van der Waals surface area contributed by atoms with Gasteiger partial charge in [0.2, 0.25) is 6.29 Å². The summed E-state index contributed by atoms with van der Waals surface area (Å²) in [6.07, 6.45) is 9.93. The van der Waals surface area contributed by atoms with Crippen molar-refractivity contribution in [3.05, 3.63) is 12.3 Å². The van der Waals surface area contributed by atoms with Crippen molar-refractivity contribution in [1.29, 1.82) is 0 Å². The second-order valence-electron chi connectivity index (χ2n) is 6.71. The van der Waals surface area contributed by atoms with E-state index in [9.17, 15) is 10.2 Å². The van der Waals surface area contributed by atoms with Crippen LogP contribution in [0.25, 0.3) is 0 Å². The monoisotopic (exact) mass is 359 g/mol. The lowest BCUT2D eigenvalue weighted by Crippen LogP contribution is -2.63. The van der Waals surface area contributed by atoms with Crippen LogP contribution in [0, 0.1) is 0 Å². The highest BCUT2D eigenvalue weighted by Crippen LogP contribution is 2.23. The zero-order valence-electron chi connectivity index (χ0n) is 15.8. The lowest BCUT2D eigenvalue weighted by Gasteiger charge is -2.42. The van der Waals surface area contributed by atoms with E-state index in [0.717, 1.165) is 12.8 Å². The topological polar surface area (TPSA) is 94.2 Å². The highest BCUT2D eigenvalue weighted by atomic mass is 16.7. The summed E-state index contributed by atoms with van der Waals surface area (Å²) in [7, 11) is 0. The number of aliphatic hydroxyl groups is 2. The van der Waals surface area contributed by atoms with Crippen molar-refractivity contribution in [2.75, 3.05) is 13.2 Å². The van der Waals surface area contributed by atoms with Gasteiger partial charge in [-0.1, -0.05) is 57.9 Å². The molecule has 0 aromatic rings. The van der Waals surface area contributed by atoms with E-state index >= 15 is 0 Å². The summed E-state index contributed by atoms with van der Waals surface area (Å²) in [5.74, 6) is 0. The average Bonchev–Trinajstić information content (AvgIpc) is 2.62. The van der Waals surface area contributed by atoms with Crippen molar-refractivity contribution < 1.29 is 24.4 Å². The van der Waals surface area contributed by atoms with Crippen LogP contribution < -0.4 is 5.73 Å². The summed E-state index contributed by atoms with van der Waals surface area (Å²) in [5, 5.41) is 19.7. The number of aliphatic hydroxyl groups excluding tert-OH is 2. The van der Waals surface area contributed by atoms with Crippen molar-refractivity contribution in [3.63, 3.8) is 0 Å². The fraction of sp³-hybridized carbons (Fsp3) is 0.895. The molecule has 1 unspecified atom stereocenters. The van der Waals surface area contributed by atoms with Gasteiger partial charge < -0.3 is 30.2 Å². The molecule has 1 aliphatic heterocycles. The molecule has 0 saturated carbocycles. The first kappa shape index (κ1) is 22.4. The van der Waals surface area contributed by atoms with E-state index in [2.05, 4.69) is 6.92 Å². The van der Waals surface area contributed by atoms with E-state index in [-0.39, 0.29) is 6.61 Å². The molecular formula is C19H37NO5. The Balaban J connectivity index is 2.30. The predicted octanol–water partition coefficient (Wildman–Crippen LogP) is 2.47. The molecule has 0 bridgehead atoms. The van der Waals surface area contributed by atoms with E-state index in [4.69, 9.17) is 19.9 Å². The minimum Gasteiger partial charge on any atom is -0.471 e. The fourth-order valence-corrected chi connectivity index (χ4v) is 3.03. The lowest BCUT2D eigenvalue weighted by molar-refractivity contribution is -0.258. The molecular weight excluding hydrogens is 322 g/mol. The van der Waals surface area contributed by atoms with Gasteiger partial charge in [-0.25, -0.2) is 0 Å². The van der Waals surface area contributed by atoms with Gasteiger partial charge in [0.05, 0.1) is 18.9 Å². The van der Waals surface area contributed by atoms with Crippen molar-refractivity contribution >= 4 is 0 Å². The quantitative estimate of drug-likeness (QED) is 0.345. The molecule has 1 rings (SSSR count). The van der Waals surface area contributed by atoms with Crippen LogP contribution in [0.5, 0.6) is 0 Å². The molecule has 0 spiro atoms. The normalized spacial score (nSPS) is 30.0. The molecule has 5 atom stereocenters. The number of hydrogen-bond donors (Lipinski definition) is 3. The summed E-state index contributed by atoms with van der Waals surface area (Å²) >= 11 is 0. The Morgan fingerprint density at radius 3 is 2.32 bits per heavy atom. The zero-order chi connectivity index (χ0) is 18.5. The van der Waals surface area contributed by atoms with Crippen LogP contribution in [-0.4, -0.2) is 54.1 Å². The second-order valence-corrected chi connectivity index (χ2v) is 6.71. The lowest BCUT2D eigenvalue weighted by atomic mass is 9.97. The number of unbranched alkanes of at least 4 members (excludes halogenated alkanes) is 7. The Morgan fingerprint density at radius 1 is 1.08 bits per heavy atom. The molecule has 0 aromatic carbocycles. The molecule has 0 aliphatic carbocycles. The molecule has 1 saturated heterocycles. The summed E-state index contributed by atoms with van der Waals surface area (Å²) in [5.41, 5.74) is 6.13. The molecule has 1 aliphatic rings. The van der Waals surface area contributed by atoms with Crippen molar-refractivity contribution in [2.24, 2.45) is 5.73 Å². The smallest absolute Gasteiger partial charge is 0.217 e. The molecule has 25 heavy (non-hydrogen) atoms. The van der Waals surface area contributed by atoms with Crippen molar-refractivity contribution in [2.45, 2.75) is 95.9 Å². The van der Waals surface area contributed by atoms with Crippen molar-refractivity contribution in [3.8, 4) is 0 Å². The number of rotatable bonds is 13. The molecule has 1 heterocycles. The van der Waals surface area contributed by atoms with E-state index in [1.165, 1.54) is 44.8 Å². The maximum absolute atomic E-state index is 10.3. The third-order valence-electron chi connectivity index (χ3n) is 4.56. The predicted molar refractivity (Wildman–Crippen MR) is 98.0 cm³/mol. The number of ether oxygens (including phenoxy) is 3. The first-order valence-corrected chi connectivity index (χ1v) is 9.73. The second kappa shape index (κ2) is 13.5. The van der Waals surface area contributed by atoms with Crippen LogP contribution in [0.15, 0.2) is 12.3 Å². The van der Waals surface area contributed by atoms with Gasteiger partial charge >= 0.3 is 0 Å². The van der Waals surface area contributed by atoms with Gasteiger partial charge in [0.1, 0.15) is 18.3 Å². The molecule has 148 valence electrons. The highest BCUT2D eigenvalue weighted by Gasteiger charge is 2.44. The first-order valence-electron chi connectivity index (χ1n) is 9.73. The Labute approximate surface area is 152 Å². The third-order valence-corrected chi connectivity index (χ3v) is 4.56. The highest BCUT2D eigenvalue weighted by molar-refractivity contribution is 4.93. The van der Waals surface area contributed by atoms with E-state index < -0.39 is 30.6 Å². The Bertz CT molecular complexity index is 353.